The lowest BCUT2D eigenvalue weighted by Crippen LogP contribution is -2.26. The van der Waals surface area contributed by atoms with Gasteiger partial charge in [0.1, 0.15) is 0 Å². The molecule has 2 aromatic rings. The number of fused-ring (bicyclic) bond motifs is 1. The van der Waals surface area contributed by atoms with Crippen molar-refractivity contribution in [3.8, 4) is 0 Å². The van der Waals surface area contributed by atoms with E-state index in [1.807, 2.05) is 0 Å². The number of aromatic nitrogens is 1. The van der Waals surface area contributed by atoms with Crippen molar-refractivity contribution in [3.05, 3.63) is 52.0 Å². The van der Waals surface area contributed by atoms with Gasteiger partial charge in [0.25, 0.3) is 0 Å². The average Bonchev–Trinajstić information content (AvgIpc) is 2.73. The molecule has 0 amide bonds. The summed E-state index contributed by atoms with van der Waals surface area (Å²) in [6, 6.07) is 8.49. The molecular weight excluding hydrogens is 278 g/mol. The highest BCUT2D eigenvalue weighted by Crippen LogP contribution is 2.24. The van der Waals surface area contributed by atoms with Gasteiger partial charge in [-0.2, -0.15) is 0 Å². The van der Waals surface area contributed by atoms with Crippen molar-refractivity contribution in [1.29, 1.82) is 0 Å². The molecule has 1 aromatic carbocycles. The van der Waals surface area contributed by atoms with Crippen LogP contribution in [0.15, 0.2) is 30.3 Å². The second kappa shape index (κ2) is 6.41. The molecule has 2 heterocycles. The highest BCUT2D eigenvalue weighted by atomic mass is 32.1. The van der Waals surface area contributed by atoms with Crippen molar-refractivity contribution in [2.75, 3.05) is 25.4 Å². The highest BCUT2D eigenvalue weighted by Gasteiger charge is 2.16. The Balaban J connectivity index is 1.58. The fourth-order valence-electron chi connectivity index (χ4n) is 2.71. The first kappa shape index (κ1) is 14.3. The molecule has 110 valence electrons. The summed E-state index contributed by atoms with van der Waals surface area (Å²) in [5.74, 6) is 0. The van der Waals surface area contributed by atoms with Crippen LogP contribution in [-0.2, 0) is 12.8 Å². The molecular formula is C17H21N3S. The molecule has 0 atom stereocenters. The Kier molecular flexibility index (Phi) is 4.36. The third-order valence-corrected chi connectivity index (χ3v) is 4.95. The Hall–Kier alpha value is -1.65. The van der Waals surface area contributed by atoms with Gasteiger partial charge in [-0.3, -0.25) is 4.90 Å². The predicted octanol–water partition coefficient (Wildman–Crippen LogP) is 3.15. The maximum Gasteiger partial charge on any atom is 0.180 e. The Labute approximate surface area is 130 Å². The van der Waals surface area contributed by atoms with Gasteiger partial charge in [-0.15, -0.1) is 11.3 Å². The largest absolute Gasteiger partial charge is 0.375 e. The van der Waals surface area contributed by atoms with Crippen LogP contribution in [0.25, 0.3) is 6.08 Å². The van der Waals surface area contributed by atoms with Crippen LogP contribution in [0.1, 0.15) is 21.7 Å². The number of benzene rings is 1. The van der Waals surface area contributed by atoms with Crippen molar-refractivity contribution in [1.82, 2.24) is 9.88 Å². The number of thiazole rings is 1. The molecule has 1 aromatic heterocycles. The summed E-state index contributed by atoms with van der Waals surface area (Å²) >= 11 is 1.65. The molecule has 1 aliphatic heterocycles. The molecule has 0 spiro atoms. The molecule has 0 fully saturated rings. The van der Waals surface area contributed by atoms with Gasteiger partial charge in [-0.25, -0.2) is 4.98 Å². The summed E-state index contributed by atoms with van der Waals surface area (Å²) in [7, 11) is 0. The van der Waals surface area contributed by atoms with Crippen molar-refractivity contribution in [2.45, 2.75) is 19.8 Å². The lowest BCUT2D eigenvalue weighted by Gasteiger charge is -2.17. The number of hydrogen-bond acceptors (Lipinski definition) is 4. The fraction of sp³-hybridized carbons (Fsp3) is 0.353. The molecule has 1 aliphatic rings. The van der Waals surface area contributed by atoms with Crippen molar-refractivity contribution in [3.63, 3.8) is 0 Å². The molecule has 0 saturated carbocycles. The Morgan fingerprint density at radius 3 is 2.95 bits per heavy atom. The van der Waals surface area contributed by atoms with Crippen LogP contribution in [-0.4, -0.2) is 29.5 Å². The molecule has 4 heteroatoms. The fourth-order valence-corrected chi connectivity index (χ4v) is 3.58. The average molecular weight is 299 g/mol. The van der Waals surface area contributed by atoms with Gasteiger partial charge in [0, 0.05) is 30.9 Å². The Morgan fingerprint density at radius 1 is 1.29 bits per heavy atom. The maximum absolute atomic E-state index is 5.79. The molecule has 0 radical (unpaired) electrons. The number of nitrogen functional groups attached to an aromatic ring is 1. The lowest BCUT2D eigenvalue weighted by molar-refractivity contribution is 0.318. The third-order valence-electron chi connectivity index (χ3n) is 3.96. The van der Waals surface area contributed by atoms with E-state index in [1.165, 1.54) is 21.7 Å². The van der Waals surface area contributed by atoms with Crippen LogP contribution in [0.5, 0.6) is 0 Å². The zero-order chi connectivity index (χ0) is 14.7. The highest BCUT2D eigenvalue weighted by molar-refractivity contribution is 7.15. The molecule has 3 nitrogen and oxygen atoms in total. The van der Waals surface area contributed by atoms with Gasteiger partial charge >= 0.3 is 0 Å². The van der Waals surface area contributed by atoms with Gasteiger partial charge in [-0.05, 0) is 24.5 Å². The van der Waals surface area contributed by atoms with Gasteiger partial charge in [0.15, 0.2) is 5.13 Å². The monoisotopic (exact) mass is 299 g/mol. The van der Waals surface area contributed by atoms with E-state index in [4.69, 9.17) is 5.73 Å². The van der Waals surface area contributed by atoms with Gasteiger partial charge in [0.05, 0.1) is 5.69 Å². The SMILES string of the molecule is Cc1ccccc1/C=C/CN1CCc2nc(N)sc2CC1. The number of hydrogen-bond donors (Lipinski definition) is 1. The quantitative estimate of drug-likeness (QED) is 0.946. The van der Waals surface area contributed by atoms with Crippen molar-refractivity contribution in [2.24, 2.45) is 0 Å². The molecule has 21 heavy (non-hydrogen) atoms. The molecule has 0 aliphatic carbocycles. The second-order valence-corrected chi connectivity index (χ2v) is 6.60. The summed E-state index contributed by atoms with van der Waals surface area (Å²) in [6.45, 7) is 5.31. The van der Waals surface area contributed by atoms with E-state index in [0.717, 1.165) is 32.5 Å². The minimum atomic E-state index is 0.716. The van der Waals surface area contributed by atoms with Crippen LogP contribution in [0.2, 0.25) is 0 Å². The molecule has 0 bridgehead atoms. The Bertz CT molecular complexity index is 620. The van der Waals surface area contributed by atoms with Gasteiger partial charge < -0.3 is 5.73 Å². The Morgan fingerprint density at radius 2 is 2.10 bits per heavy atom. The predicted molar refractivity (Wildman–Crippen MR) is 90.6 cm³/mol. The molecule has 2 N–H and O–H groups in total. The minimum absolute atomic E-state index is 0.716. The van der Waals surface area contributed by atoms with Crippen LogP contribution in [0.3, 0.4) is 0 Å². The van der Waals surface area contributed by atoms with E-state index < -0.39 is 0 Å². The van der Waals surface area contributed by atoms with Crippen molar-refractivity contribution >= 4 is 22.5 Å². The second-order valence-electron chi connectivity index (χ2n) is 5.48. The summed E-state index contributed by atoms with van der Waals surface area (Å²) in [5.41, 5.74) is 9.63. The minimum Gasteiger partial charge on any atom is -0.375 e. The third kappa shape index (κ3) is 3.52. The van der Waals surface area contributed by atoms with Crippen LogP contribution < -0.4 is 5.73 Å². The van der Waals surface area contributed by atoms with E-state index >= 15 is 0 Å². The lowest BCUT2D eigenvalue weighted by atomic mass is 10.1. The van der Waals surface area contributed by atoms with Crippen molar-refractivity contribution < 1.29 is 0 Å². The maximum atomic E-state index is 5.79. The van der Waals surface area contributed by atoms with E-state index in [2.05, 4.69) is 53.2 Å². The standard InChI is InChI=1S/C17H21N3S/c1-13-5-2-3-6-14(13)7-4-10-20-11-8-15-16(9-12-20)21-17(18)19-15/h2-7H,8-12H2,1H3,(H2,18,19)/b7-4+. The van der Waals surface area contributed by atoms with E-state index in [9.17, 15) is 0 Å². The first-order valence-electron chi connectivity index (χ1n) is 7.41. The van der Waals surface area contributed by atoms with Gasteiger partial charge in [0.2, 0.25) is 0 Å². The summed E-state index contributed by atoms with van der Waals surface area (Å²) in [6.07, 6.45) is 6.58. The topological polar surface area (TPSA) is 42.2 Å². The van der Waals surface area contributed by atoms with Crippen LogP contribution in [0.4, 0.5) is 5.13 Å². The van der Waals surface area contributed by atoms with Crippen LogP contribution in [0, 0.1) is 6.92 Å². The first-order valence-corrected chi connectivity index (χ1v) is 8.22. The number of aryl methyl sites for hydroxylation is 1. The number of anilines is 1. The zero-order valence-corrected chi connectivity index (χ0v) is 13.2. The normalized spacial score (nSPS) is 16.0. The number of rotatable bonds is 3. The first-order chi connectivity index (χ1) is 10.2. The molecule has 0 saturated heterocycles. The van der Waals surface area contributed by atoms with E-state index in [0.29, 0.717) is 5.13 Å². The van der Waals surface area contributed by atoms with Gasteiger partial charge in [-0.1, -0.05) is 36.4 Å². The summed E-state index contributed by atoms with van der Waals surface area (Å²) in [5, 5.41) is 0.716. The molecule has 0 unspecified atom stereocenters. The summed E-state index contributed by atoms with van der Waals surface area (Å²) in [4.78, 5) is 8.30. The summed E-state index contributed by atoms with van der Waals surface area (Å²) < 4.78 is 0. The van der Waals surface area contributed by atoms with E-state index in [-0.39, 0.29) is 0 Å². The van der Waals surface area contributed by atoms with Crippen LogP contribution >= 0.6 is 11.3 Å². The number of nitrogens with zero attached hydrogens (tertiary/aromatic N) is 2. The van der Waals surface area contributed by atoms with E-state index in [1.54, 1.807) is 11.3 Å². The molecule has 3 rings (SSSR count). The smallest absolute Gasteiger partial charge is 0.180 e. The zero-order valence-electron chi connectivity index (χ0n) is 12.4. The number of nitrogens with two attached hydrogens (primary N) is 1.